The molecule has 8 heteroatoms. The number of nitro benzene ring substituents is 1. The number of non-ortho nitro benzene ring substituents is 1. The quantitative estimate of drug-likeness (QED) is 0.461. The fourth-order valence-electron chi connectivity index (χ4n) is 5.05. The Bertz CT molecular complexity index is 1220. The first-order chi connectivity index (χ1) is 16.5. The van der Waals surface area contributed by atoms with E-state index in [9.17, 15) is 19.3 Å². The van der Waals surface area contributed by atoms with Gasteiger partial charge in [-0.25, -0.2) is 4.39 Å². The molecule has 1 saturated heterocycles. The normalized spacial score (nSPS) is 19.2. The Morgan fingerprint density at radius 1 is 1.06 bits per heavy atom. The summed E-state index contributed by atoms with van der Waals surface area (Å²) in [5.74, 6) is -0.958. The van der Waals surface area contributed by atoms with Crippen LogP contribution in [0.4, 0.5) is 21.5 Å². The maximum absolute atomic E-state index is 14.1. The van der Waals surface area contributed by atoms with E-state index in [4.69, 9.17) is 0 Å². The molecular weight excluding hydrogens is 435 g/mol. The van der Waals surface area contributed by atoms with Gasteiger partial charge >= 0.3 is 0 Å². The second-order valence-corrected chi connectivity index (χ2v) is 8.73. The zero-order valence-electron chi connectivity index (χ0n) is 18.6. The average Bonchev–Trinajstić information content (AvgIpc) is 2.87. The minimum absolute atomic E-state index is 0.0191. The predicted molar refractivity (Wildman–Crippen MR) is 128 cm³/mol. The van der Waals surface area contributed by atoms with Gasteiger partial charge in [-0.2, -0.15) is 0 Å². The molecule has 34 heavy (non-hydrogen) atoms. The second kappa shape index (κ2) is 9.13. The molecule has 7 nitrogen and oxygen atoms in total. The molecule has 2 aliphatic rings. The van der Waals surface area contributed by atoms with Crippen molar-refractivity contribution in [2.75, 3.05) is 29.4 Å². The highest BCUT2D eigenvalue weighted by Crippen LogP contribution is 2.38. The highest BCUT2D eigenvalue weighted by atomic mass is 19.1. The van der Waals surface area contributed by atoms with E-state index in [1.165, 1.54) is 12.1 Å². The number of fused-ring (bicyclic) bond motifs is 3. The SMILES string of the molecule is O=C(NCc1ccccc1F)[C@@H]1Cc2cc([N+](=O)[O-])ccc2N2CCN(c3ccccc3)C[C@H]12. The van der Waals surface area contributed by atoms with Gasteiger partial charge in [0.25, 0.3) is 5.69 Å². The summed E-state index contributed by atoms with van der Waals surface area (Å²) in [6.07, 6.45) is 0.393. The van der Waals surface area contributed by atoms with Crippen molar-refractivity contribution in [3.05, 3.63) is 99.9 Å². The van der Waals surface area contributed by atoms with Gasteiger partial charge in [0, 0.05) is 55.2 Å². The molecule has 2 aliphatic heterocycles. The largest absolute Gasteiger partial charge is 0.368 e. The van der Waals surface area contributed by atoms with Gasteiger partial charge in [0.2, 0.25) is 5.91 Å². The third kappa shape index (κ3) is 4.19. The van der Waals surface area contributed by atoms with Gasteiger partial charge in [0.05, 0.1) is 16.9 Å². The lowest BCUT2D eigenvalue weighted by molar-refractivity contribution is -0.384. The molecular formula is C26H25FN4O3. The van der Waals surface area contributed by atoms with Gasteiger partial charge in [-0.1, -0.05) is 36.4 Å². The van der Waals surface area contributed by atoms with Crippen molar-refractivity contribution < 1.29 is 14.1 Å². The van der Waals surface area contributed by atoms with Crippen molar-refractivity contribution in [2.24, 2.45) is 5.92 Å². The zero-order chi connectivity index (χ0) is 23.7. The van der Waals surface area contributed by atoms with Crippen LogP contribution in [0.15, 0.2) is 72.8 Å². The Balaban J connectivity index is 1.44. The van der Waals surface area contributed by atoms with Gasteiger partial charge in [-0.05, 0) is 36.2 Å². The third-order valence-corrected chi connectivity index (χ3v) is 6.78. The predicted octanol–water partition coefficient (Wildman–Crippen LogP) is 3.92. The Hall–Kier alpha value is -3.94. The van der Waals surface area contributed by atoms with Crippen molar-refractivity contribution in [1.29, 1.82) is 0 Å². The molecule has 3 aromatic carbocycles. The fourth-order valence-corrected chi connectivity index (χ4v) is 5.05. The molecule has 3 aromatic rings. The van der Waals surface area contributed by atoms with Crippen LogP contribution < -0.4 is 15.1 Å². The summed E-state index contributed by atoms with van der Waals surface area (Å²) in [6, 6.07) is 21.3. The molecule has 1 N–H and O–H groups in total. The second-order valence-electron chi connectivity index (χ2n) is 8.73. The molecule has 1 amide bonds. The average molecular weight is 461 g/mol. The topological polar surface area (TPSA) is 78.7 Å². The minimum atomic E-state index is -0.423. The van der Waals surface area contributed by atoms with Crippen LogP contribution in [-0.2, 0) is 17.8 Å². The van der Waals surface area contributed by atoms with Crippen molar-refractivity contribution in [3.63, 3.8) is 0 Å². The van der Waals surface area contributed by atoms with Gasteiger partial charge in [0.1, 0.15) is 5.82 Å². The fraction of sp³-hybridized carbons (Fsp3) is 0.269. The highest BCUT2D eigenvalue weighted by Gasteiger charge is 2.42. The van der Waals surface area contributed by atoms with Crippen LogP contribution in [0.5, 0.6) is 0 Å². The summed E-state index contributed by atoms with van der Waals surface area (Å²) in [4.78, 5) is 28.8. The summed E-state index contributed by atoms with van der Waals surface area (Å²) in [6.45, 7) is 2.22. The molecule has 0 spiro atoms. The number of nitro groups is 1. The first-order valence-electron chi connectivity index (χ1n) is 11.4. The van der Waals surface area contributed by atoms with E-state index in [2.05, 4.69) is 27.2 Å². The number of hydrogen-bond acceptors (Lipinski definition) is 5. The number of carbonyl (C=O) groups is 1. The van der Waals surface area contributed by atoms with E-state index in [-0.39, 0.29) is 30.0 Å². The Kier molecular flexibility index (Phi) is 5.88. The van der Waals surface area contributed by atoms with Crippen molar-refractivity contribution in [1.82, 2.24) is 5.32 Å². The number of nitrogens with one attached hydrogen (secondary N) is 1. The summed E-state index contributed by atoms with van der Waals surface area (Å²) in [5.41, 5.74) is 3.29. The van der Waals surface area contributed by atoms with Crippen molar-refractivity contribution in [3.8, 4) is 0 Å². The zero-order valence-corrected chi connectivity index (χ0v) is 18.6. The van der Waals surface area contributed by atoms with Crippen LogP contribution >= 0.6 is 0 Å². The van der Waals surface area contributed by atoms with Crippen LogP contribution in [-0.4, -0.2) is 36.5 Å². The molecule has 0 radical (unpaired) electrons. The number of benzene rings is 3. The lowest BCUT2D eigenvalue weighted by atomic mass is 9.83. The van der Waals surface area contributed by atoms with Crippen LogP contribution in [0.3, 0.4) is 0 Å². The molecule has 2 heterocycles. The molecule has 2 atom stereocenters. The maximum atomic E-state index is 14.1. The highest BCUT2D eigenvalue weighted by molar-refractivity contribution is 5.82. The number of amides is 1. The molecule has 0 bridgehead atoms. The summed E-state index contributed by atoms with van der Waals surface area (Å²) in [7, 11) is 0. The van der Waals surface area contributed by atoms with E-state index >= 15 is 0 Å². The van der Waals surface area contributed by atoms with E-state index in [0.717, 1.165) is 23.5 Å². The lowest BCUT2D eigenvalue weighted by Gasteiger charge is -2.49. The summed E-state index contributed by atoms with van der Waals surface area (Å²) >= 11 is 0. The molecule has 0 saturated carbocycles. The molecule has 5 rings (SSSR count). The molecule has 0 aromatic heterocycles. The van der Waals surface area contributed by atoms with Gasteiger partial charge < -0.3 is 15.1 Å². The van der Waals surface area contributed by atoms with Gasteiger partial charge in [0.15, 0.2) is 0 Å². The van der Waals surface area contributed by atoms with Crippen LogP contribution in [0.25, 0.3) is 0 Å². The number of carbonyl (C=O) groups excluding carboxylic acids is 1. The molecule has 0 unspecified atom stereocenters. The molecule has 1 fully saturated rings. The molecule has 174 valence electrons. The van der Waals surface area contributed by atoms with E-state index in [1.54, 1.807) is 30.3 Å². The van der Waals surface area contributed by atoms with Crippen LogP contribution in [0, 0.1) is 21.8 Å². The Labute approximate surface area is 197 Å². The number of piperazine rings is 1. The van der Waals surface area contributed by atoms with E-state index in [0.29, 0.717) is 25.1 Å². The van der Waals surface area contributed by atoms with E-state index in [1.807, 2.05) is 18.2 Å². The van der Waals surface area contributed by atoms with Gasteiger partial charge in [-0.3, -0.25) is 14.9 Å². The summed E-state index contributed by atoms with van der Waals surface area (Å²) in [5, 5.41) is 14.3. The van der Waals surface area contributed by atoms with Crippen molar-refractivity contribution >= 4 is 23.0 Å². The monoisotopic (exact) mass is 460 g/mol. The molecule has 0 aliphatic carbocycles. The third-order valence-electron chi connectivity index (χ3n) is 6.78. The van der Waals surface area contributed by atoms with E-state index < -0.39 is 10.8 Å². The number of anilines is 2. The van der Waals surface area contributed by atoms with Crippen LogP contribution in [0.2, 0.25) is 0 Å². The first-order valence-corrected chi connectivity index (χ1v) is 11.4. The van der Waals surface area contributed by atoms with Crippen LogP contribution in [0.1, 0.15) is 11.1 Å². The minimum Gasteiger partial charge on any atom is -0.368 e. The Morgan fingerprint density at radius 3 is 2.59 bits per heavy atom. The van der Waals surface area contributed by atoms with Crippen molar-refractivity contribution in [2.45, 2.75) is 19.0 Å². The first kappa shape index (κ1) is 21.9. The smallest absolute Gasteiger partial charge is 0.269 e. The summed E-state index contributed by atoms with van der Waals surface area (Å²) < 4.78 is 14.1. The number of rotatable bonds is 5. The Morgan fingerprint density at radius 2 is 1.82 bits per heavy atom. The van der Waals surface area contributed by atoms with Gasteiger partial charge in [-0.15, -0.1) is 0 Å². The standard InChI is InChI=1S/C26H25FN4O3/c27-23-9-5-4-6-18(23)16-28-26(32)22-15-19-14-21(31(33)34)10-11-24(19)30-13-12-29(17-25(22)30)20-7-2-1-3-8-20/h1-11,14,22,25H,12-13,15-17H2,(H,28,32)/t22-,25-/m1/s1. The number of hydrogen-bond donors (Lipinski definition) is 1. The number of nitrogens with zero attached hydrogens (tertiary/aromatic N) is 3. The number of para-hydroxylation sites is 1. The maximum Gasteiger partial charge on any atom is 0.269 e. The number of halogens is 1. The lowest BCUT2D eigenvalue weighted by Crippen LogP contribution is -2.61.